The van der Waals surface area contributed by atoms with E-state index >= 15 is 0 Å². The van der Waals surface area contributed by atoms with Crippen LogP contribution < -0.4 is 5.11 Å². The van der Waals surface area contributed by atoms with Crippen molar-refractivity contribution in [2.45, 2.75) is 44.4 Å². The minimum atomic E-state index is -1.40. The number of carbonyl (C=O) groups excluding carboxylic acids is 2. The Hall–Kier alpha value is -1.92. The lowest BCUT2D eigenvalue weighted by atomic mass is 9.87. The third kappa shape index (κ3) is 2.01. The number of hydrogen-bond acceptors (Lipinski definition) is 6. The number of carboxylic acid groups (broad SMARTS) is 1. The van der Waals surface area contributed by atoms with Crippen LogP contribution in [0.25, 0.3) is 0 Å². The summed E-state index contributed by atoms with van der Waals surface area (Å²) in [6.07, 6.45) is -0.891. The molecule has 4 saturated heterocycles. The van der Waals surface area contributed by atoms with E-state index in [0.29, 0.717) is 0 Å². The highest BCUT2D eigenvalue weighted by Crippen LogP contribution is 2.50. The van der Waals surface area contributed by atoms with E-state index in [-0.39, 0.29) is 47.4 Å². The van der Waals surface area contributed by atoms with Gasteiger partial charge in [0, 0.05) is 17.4 Å². The first-order valence-corrected chi connectivity index (χ1v) is 7.81. The molecule has 1 aromatic carbocycles. The van der Waals surface area contributed by atoms with Gasteiger partial charge in [-0.1, -0.05) is 32.0 Å². The predicted molar refractivity (Wildman–Crippen MR) is 75.6 cm³/mol. The lowest BCUT2D eigenvalue weighted by Crippen LogP contribution is -2.49. The molecule has 6 heteroatoms. The number of aromatic carboxylic acids is 1. The molecule has 4 bridgehead atoms. The zero-order chi connectivity index (χ0) is 16.3. The summed E-state index contributed by atoms with van der Waals surface area (Å²) in [5, 5.41) is 11.1. The fraction of sp³-hybridized carbons (Fsp3) is 0.529. The third-order valence-corrected chi connectivity index (χ3v) is 5.28. The maximum atomic E-state index is 12.4. The SMILES string of the molecule is C[C@@H]1[C@@H]2OC3[C@H]1O[C@H]([C@H]2C)[C@H]3OC(=O)c1ccccc1C(=O)[O-]. The molecule has 1 unspecified atom stereocenters. The molecule has 0 saturated carbocycles. The summed E-state index contributed by atoms with van der Waals surface area (Å²) < 4.78 is 17.5. The van der Waals surface area contributed by atoms with E-state index in [2.05, 4.69) is 6.92 Å². The summed E-state index contributed by atoms with van der Waals surface area (Å²) in [6, 6.07) is 5.88. The maximum Gasteiger partial charge on any atom is 0.339 e. The summed E-state index contributed by atoms with van der Waals surface area (Å²) in [4.78, 5) is 23.6. The van der Waals surface area contributed by atoms with Crippen LogP contribution in [0.3, 0.4) is 0 Å². The van der Waals surface area contributed by atoms with Gasteiger partial charge in [-0.15, -0.1) is 0 Å². The van der Waals surface area contributed by atoms with Gasteiger partial charge in [0.2, 0.25) is 0 Å². The summed E-state index contributed by atoms with van der Waals surface area (Å²) in [7, 11) is 0. The topological polar surface area (TPSA) is 84.9 Å². The number of benzene rings is 1. The Morgan fingerprint density at radius 1 is 0.957 bits per heavy atom. The Labute approximate surface area is 133 Å². The van der Waals surface area contributed by atoms with Crippen molar-refractivity contribution in [2.24, 2.45) is 11.8 Å². The van der Waals surface area contributed by atoms with Gasteiger partial charge in [-0.2, -0.15) is 0 Å². The van der Waals surface area contributed by atoms with Crippen molar-refractivity contribution in [3.05, 3.63) is 35.4 Å². The van der Waals surface area contributed by atoms with Gasteiger partial charge in [-0.25, -0.2) is 4.79 Å². The Kier molecular flexibility index (Phi) is 3.21. The van der Waals surface area contributed by atoms with Crippen LogP contribution in [0.2, 0.25) is 0 Å². The Morgan fingerprint density at radius 2 is 1.57 bits per heavy atom. The van der Waals surface area contributed by atoms with Crippen molar-refractivity contribution in [2.75, 3.05) is 0 Å². The second kappa shape index (κ2) is 5.04. The van der Waals surface area contributed by atoms with Gasteiger partial charge in [0.1, 0.15) is 12.2 Å². The lowest BCUT2D eigenvalue weighted by Gasteiger charge is -2.38. The van der Waals surface area contributed by atoms with Crippen LogP contribution in [0, 0.1) is 11.8 Å². The van der Waals surface area contributed by atoms with Crippen LogP contribution >= 0.6 is 0 Å². The van der Waals surface area contributed by atoms with Crippen LogP contribution in [0.4, 0.5) is 0 Å². The van der Waals surface area contributed by atoms with Gasteiger partial charge in [0.15, 0.2) is 6.10 Å². The molecule has 0 aliphatic carbocycles. The summed E-state index contributed by atoms with van der Waals surface area (Å²) >= 11 is 0. The molecular weight excluding hydrogens is 300 g/mol. The van der Waals surface area contributed by atoms with Gasteiger partial charge in [-0.3, -0.25) is 0 Å². The molecular formula is C17H17O6-. The quantitative estimate of drug-likeness (QED) is 0.750. The number of hydrogen-bond donors (Lipinski definition) is 0. The van der Waals surface area contributed by atoms with E-state index in [1.807, 2.05) is 6.92 Å². The van der Waals surface area contributed by atoms with Crippen molar-refractivity contribution < 1.29 is 28.9 Å². The average Bonchev–Trinajstić information content (AvgIpc) is 2.96. The van der Waals surface area contributed by atoms with Gasteiger partial charge >= 0.3 is 5.97 Å². The van der Waals surface area contributed by atoms with Crippen LogP contribution in [0.15, 0.2) is 24.3 Å². The summed E-state index contributed by atoms with van der Waals surface area (Å²) in [6.45, 7) is 4.11. The van der Waals surface area contributed by atoms with Crippen molar-refractivity contribution in [1.82, 2.24) is 0 Å². The Bertz CT molecular complexity index is 667. The van der Waals surface area contributed by atoms with E-state index in [4.69, 9.17) is 14.2 Å². The minimum absolute atomic E-state index is 0.00878. The van der Waals surface area contributed by atoms with Gasteiger partial charge in [0.05, 0.1) is 23.7 Å². The fourth-order valence-electron chi connectivity index (χ4n) is 4.15. The highest BCUT2D eigenvalue weighted by Gasteiger charge is 2.65. The zero-order valence-electron chi connectivity index (χ0n) is 12.8. The monoisotopic (exact) mass is 317 g/mol. The molecule has 0 amide bonds. The fourth-order valence-corrected chi connectivity index (χ4v) is 4.15. The number of ether oxygens (including phenoxy) is 3. The molecule has 1 aromatic rings. The van der Waals surface area contributed by atoms with Crippen molar-refractivity contribution in [3.8, 4) is 0 Å². The molecule has 4 aliphatic heterocycles. The van der Waals surface area contributed by atoms with E-state index in [0.717, 1.165) is 0 Å². The second-order valence-corrected chi connectivity index (χ2v) is 6.55. The number of carboxylic acids is 1. The largest absolute Gasteiger partial charge is 0.545 e. The highest BCUT2D eigenvalue weighted by molar-refractivity contribution is 6.01. The Morgan fingerprint density at radius 3 is 2.26 bits per heavy atom. The van der Waals surface area contributed by atoms with E-state index in [9.17, 15) is 14.7 Å². The molecule has 4 fully saturated rings. The molecule has 0 N–H and O–H groups in total. The normalized spacial score (nSPS) is 40.3. The van der Waals surface area contributed by atoms with Crippen molar-refractivity contribution in [3.63, 3.8) is 0 Å². The van der Waals surface area contributed by atoms with Gasteiger partial charge < -0.3 is 24.1 Å². The zero-order valence-corrected chi connectivity index (χ0v) is 12.8. The number of carbonyl (C=O) groups is 2. The van der Waals surface area contributed by atoms with Gasteiger partial charge in [0.25, 0.3) is 0 Å². The first-order valence-electron chi connectivity index (χ1n) is 7.81. The van der Waals surface area contributed by atoms with Crippen LogP contribution in [-0.2, 0) is 14.2 Å². The molecule has 4 aliphatic rings. The number of rotatable bonds is 3. The van der Waals surface area contributed by atoms with Crippen LogP contribution in [-0.4, -0.2) is 42.5 Å². The third-order valence-electron chi connectivity index (χ3n) is 5.28. The van der Waals surface area contributed by atoms with Crippen molar-refractivity contribution in [1.29, 1.82) is 0 Å². The molecule has 6 nitrogen and oxygen atoms in total. The minimum Gasteiger partial charge on any atom is -0.545 e. The average molecular weight is 317 g/mol. The summed E-state index contributed by atoms with van der Waals surface area (Å²) in [5.41, 5.74) is -0.182. The standard InChI is InChI=1S/C17H18O6/c1-7-11-8(2)13-15(14(21-11)12(7)22-13)23-17(20)10-6-4-3-5-9(10)16(18)19/h3-8,11-15H,1-2H3,(H,18,19)/p-1/t7-,8+,11+,12+,13-,14?,15-/m1/s1. The maximum absolute atomic E-state index is 12.4. The molecule has 23 heavy (non-hydrogen) atoms. The smallest absolute Gasteiger partial charge is 0.339 e. The van der Waals surface area contributed by atoms with E-state index in [1.165, 1.54) is 18.2 Å². The highest BCUT2D eigenvalue weighted by atomic mass is 16.6. The summed E-state index contributed by atoms with van der Waals surface area (Å²) in [5.74, 6) is -1.68. The lowest BCUT2D eigenvalue weighted by molar-refractivity contribution is -0.255. The molecule has 7 atom stereocenters. The molecule has 122 valence electrons. The second-order valence-electron chi connectivity index (χ2n) is 6.55. The van der Waals surface area contributed by atoms with Crippen molar-refractivity contribution >= 4 is 11.9 Å². The molecule has 0 radical (unpaired) electrons. The Balaban J connectivity index is 1.58. The van der Waals surface area contributed by atoms with E-state index < -0.39 is 18.0 Å². The predicted octanol–water partition coefficient (Wildman–Crippen LogP) is 0.396. The molecule has 0 aromatic heterocycles. The molecule has 5 rings (SSSR count). The first kappa shape index (κ1) is 14.7. The molecule has 0 spiro atoms. The first-order chi connectivity index (χ1) is 11.0. The van der Waals surface area contributed by atoms with Crippen LogP contribution in [0.1, 0.15) is 34.6 Å². The number of esters is 1. The molecule has 4 heterocycles. The van der Waals surface area contributed by atoms with Crippen LogP contribution in [0.5, 0.6) is 0 Å². The van der Waals surface area contributed by atoms with E-state index in [1.54, 1.807) is 6.07 Å². The van der Waals surface area contributed by atoms with Gasteiger partial charge in [-0.05, 0) is 6.07 Å².